The number of aromatic nitrogens is 2. The number of ether oxygens (including phenoxy) is 1. The van der Waals surface area contributed by atoms with Crippen molar-refractivity contribution in [3.8, 4) is 0 Å². The Kier molecular flexibility index (Phi) is 5.21. The van der Waals surface area contributed by atoms with Crippen LogP contribution < -0.4 is 5.32 Å². The highest BCUT2D eigenvalue weighted by atomic mass is 32.2. The molecule has 0 saturated carbocycles. The van der Waals surface area contributed by atoms with E-state index in [0.29, 0.717) is 18.3 Å². The number of para-hydroxylation sites is 2. The lowest BCUT2D eigenvalue weighted by Gasteiger charge is -2.07. The number of hydrogen-bond donors (Lipinski definition) is 1. The Bertz CT molecular complexity index is 654. The van der Waals surface area contributed by atoms with Crippen LogP contribution in [0.3, 0.4) is 0 Å². The maximum absolute atomic E-state index is 12.2. The van der Waals surface area contributed by atoms with Gasteiger partial charge in [-0.3, -0.25) is 4.79 Å². The molecule has 21 heavy (non-hydrogen) atoms. The SMILES string of the molecule is CCNC(=O)n1c(SCC(=O)OCC)nc2ccccc21. The summed E-state index contributed by atoms with van der Waals surface area (Å²) >= 11 is 1.19. The van der Waals surface area contributed by atoms with Gasteiger partial charge in [-0.15, -0.1) is 0 Å². The van der Waals surface area contributed by atoms with E-state index in [1.54, 1.807) is 6.92 Å². The largest absolute Gasteiger partial charge is 0.465 e. The van der Waals surface area contributed by atoms with E-state index in [-0.39, 0.29) is 17.8 Å². The minimum atomic E-state index is -0.322. The summed E-state index contributed by atoms with van der Waals surface area (Å²) < 4.78 is 6.38. The van der Waals surface area contributed by atoms with Gasteiger partial charge in [0.05, 0.1) is 23.4 Å². The highest BCUT2D eigenvalue weighted by Gasteiger charge is 2.17. The summed E-state index contributed by atoms with van der Waals surface area (Å²) in [4.78, 5) is 28.1. The maximum Gasteiger partial charge on any atom is 0.328 e. The molecule has 0 unspecified atom stereocenters. The van der Waals surface area contributed by atoms with Crippen molar-refractivity contribution in [2.45, 2.75) is 19.0 Å². The summed E-state index contributed by atoms with van der Waals surface area (Å²) in [6.45, 7) is 4.47. The summed E-state index contributed by atoms with van der Waals surface area (Å²) in [7, 11) is 0. The van der Waals surface area contributed by atoms with Crippen LogP contribution in [-0.2, 0) is 9.53 Å². The van der Waals surface area contributed by atoms with E-state index in [4.69, 9.17) is 4.74 Å². The smallest absolute Gasteiger partial charge is 0.328 e. The topological polar surface area (TPSA) is 73.2 Å². The lowest BCUT2D eigenvalue weighted by Crippen LogP contribution is -2.28. The predicted octanol–water partition coefficient (Wildman–Crippen LogP) is 2.27. The lowest BCUT2D eigenvalue weighted by molar-refractivity contribution is -0.139. The third kappa shape index (κ3) is 3.55. The molecule has 2 rings (SSSR count). The van der Waals surface area contributed by atoms with Gasteiger partial charge in [0.1, 0.15) is 0 Å². The number of thioether (sulfide) groups is 1. The van der Waals surface area contributed by atoms with Gasteiger partial charge >= 0.3 is 12.0 Å². The second kappa shape index (κ2) is 7.12. The molecule has 6 nitrogen and oxygen atoms in total. The number of hydrogen-bond acceptors (Lipinski definition) is 5. The van der Waals surface area contributed by atoms with Crippen LogP contribution in [0.5, 0.6) is 0 Å². The van der Waals surface area contributed by atoms with E-state index in [9.17, 15) is 9.59 Å². The molecule has 0 fully saturated rings. The van der Waals surface area contributed by atoms with E-state index >= 15 is 0 Å². The van der Waals surface area contributed by atoms with Crippen molar-refractivity contribution in [3.05, 3.63) is 24.3 Å². The Morgan fingerprint density at radius 3 is 2.81 bits per heavy atom. The van der Waals surface area contributed by atoms with Crippen molar-refractivity contribution in [1.29, 1.82) is 0 Å². The van der Waals surface area contributed by atoms with Crippen LogP contribution in [0.25, 0.3) is 11.0 Å². The number of esters is 1. The quantitative estimate of drug-likeness (QED) is 0.677. The molecule has 7 heteroatoms. The van der Waals surface area contributed by atoms with Gasteiger partial charge in [-0.25, -0.2) is 14.3 Å². The zero-order valence-electron chi connectivity index (χ0n) is 12.0. The van der Waals surface area contributed by atoms with Crippen LogP contribution in [0.1, 0.15) is 13.8 Å². The number of imidazole rings is 1. The average Bonchev–Trinajstić information content (AvgIpc) is 2.84. The third-order valence-corrected chi connectivity index (χ3v) is 3.60. The highest BCUT2D eigenvalue weighted by Crippen LogP contribution is 2.23. The summed E-state index contributed by atoms with van der Waals surface area (Å²) in [5.74, 6) is -0.201. The number of nitrogens with zero attached hydrogens (tertiary/aromatic N) is 2. The van der Waals surface area contributed by atoms with Crippen molar-refractivity contribution < 1.29 is 14.3 Å². The standard InChI is InChI=1S/C14H17N3O3S/c1-3-15-13(19)17-11-8-6-5-7-10(11)16-14(17)21-9-12(18)20-4-2/h5-8H,3-4,9H2,1-2H3,(H,15,19). The number of carbonyl (C=O) groups is 2. The summed E-state index contributed by atoms with van der Waals surface area (Å²) in [6, 6.07) is 7.11. The van der Waals surface area contributed by atoms with Crippen molar-refractivity contribution in [2.75, 3.05) is 18.9 Å². The predicted molar refractivity (Wildman–Crippen MR) is 81.6 cm³/mol. The molecule has 0 aliphatic heterocycles. The Morgan fingerprint density at radius 2 is 2.10 bits per heavy atom. The molecule has 1 heterocycles. The monoisotopic (exact) mass is 307 g/mol. The minimum absolute atomic E-state index is 0.122. The fourth-order valence-electron chi connectivity index (χ4n) is 1.85. The second-order valence-corrected chi connectivity index (χ2v) is 5.09. The van der Waals surface area contributed by atoms with Gasteiger partial charge in [0.25, 0.3) is 0 Å². The van der Waals surface area contributed by atoms with E-state index in [0.717, 1.165) is 11.0 Å². The molecule has 1 aromatic carbocycles. The molecule has 0 saturated heterocycles. The van der Waals surface area contributed by atoms with Gasteiger partial charge < -0.3 is 10.1 Å². The van der Waals surface area contributed by atoms with Crippen LogP contribution in [0.2, 0.25) is 0 Å². The fraction of sp³-hybridized carbons (Fsp3) is 0.357. The number of amides is 1. The van der Waals surface area contributed by atoms with Crippen molar-refractivity contribution in [1.82, 2.24) is 14.9 Å². The highest BCUT2D eigenvalue weighted by molar-refractivity contribution is 7.99. The molecular weight excluding hydrogens is 290 g/mol. The number of carbonyl (C=O) groups excluding carboxylic acids is 2. The van der Waals surface area contributed by atoms with Crippen LogP contribution in [0, 0.1) is 0 Å². The van der Waals surface area contributed by atoms with E-state index in [1.165, 1.54) is 16.3 Å². The van der Waals surface area contributed by atoms with Gasteiger partial charge in [-0.1, -0.05) is 23.9 Å². The van der Waals surface area contributed by atoms with E-state index in [2.05, 4.69) is 10.3 Å². The normalized spacial score (nSPS) is 10.6. The number of fused-ring (bicyclic) bond motifs is 1. The average molecular weight is 307 g/mol. The molecule has 0 aliphatic rings. The summed E-state index contributed by atoms with van der Waals surface area (Å²) in [5, 5.41) is 3.23. The zero-order valence-corrected chi connectivity index (χ0v) is 12.8. The number of nitrogens with one attached hydrogen (secondary N) is 1. The van der Waals surface area contributed by atoms with Crippen LogP contribution in [0.4, 0.5) is 4.79 Å². The first-order valence-electron chi connectivity index (χ1n) is 6.71. The van der Waals surface area contributed by atoms with Crippen LogP contribution in [-0.4, -0.2) is 40.5 Å². The number of benzene rings is 1. The summed E-state index contributed by atoms with van der Waals surface area (Å²) in [5.41, 5.74) is 1.44. The fourth-order valence-corrected chi connectivity index (χ4v) is 2.66. The van der Waals surface area contributed by atoms with Gasteiger partial charge in [0.15, 0.2) is 5.16 Å². The molecule has 0 radical (unpaired) electrons. The molecule has 2 aromatic rings. The van der Waals surface area contributed by atoms with Gasteiger partial charge in [0, 0.05) is 6.54 Å². The Balaban J connectivity index is 2.30. The van der Waals surface area contributed by atoms with Gasteiger partial charge in [-0.2, -0.15) is 0 Å². The molecule has 0 spiro atoms. The van der Waals surface area contributed by atoms with E-state index in [1.807, 2.05) is 31.2 Å². The van der Waals surface area contributed by atoms with Gasteiger partial charge in [-0.05, 0) is 26.0 Å². The van der Waals surface area contributed by atoms with Crippen LogP contribution in [0.15, 0.2) is 29.4 Å². The van der Waals surface area contributed by atoms with Gasteiger partial charge in [0.2, 0.25) is 0 Å². The Morgan fingerprint density at radius 1 is 1.33 bits per heavy atom. The van der Waals surface area contributed by atoms with Crippen LogP contribution >= 0.6 is 11.8 Å². The van der Waals surface area contributed by atoms with Crippen molar-refractivity contribution >= 4 is 34.8 Å². The third-order valence-electron chi connectivity index (χ3n) is 2.69. The lowest BCUT2D eigenvalue weighted by atomic mass is 10.3. The molecule has 0 atom stereocenters. The first-order valence-corrected chi connectivity index (χ1v) is 7.70. The minimum Gasteiger partial charge on any atom is -0.465 e. The summed E-state index contributed by atoms with van der Waals surface area (Å²) in [6.07, 6.45) is 0. The Labute approximate surface area is 126 Å². The van der Waals surface area contributed by atoms with E-state index < -0.39 is 0 Å². The first kappa shape index (κ1) is 15.4. The molecular formula is C14H17N3O3S. The first-order chi connectivity index (χ1) is 10.2. The maximum atomic E-state index is 12.2. The number of rotatable bonds is 5. The zero-order chi connectivity index (χ0) is 15.2. The molecule has 0 bridgehead atoms. The van der Waals surface area contributed by atoms with Crippen molar-refractivity contribution in [3.63, 3.8) is 0 Å². The molecule has 1 aromatic heterocycles. The van der Waals surface area contributed by atoms with Crippen molar-refractivity contribution in [2.24, 2.45) is 0 Å². The molecule has 1 amide bonds. The molecule has 112 valence electrons. The second-order valence-electron chi connectivity index (χ2n) is 4.15. The Hall–Kier alpha value is -2.02. The molecule has 0 aliphatic carbocycles. The molecule has 1 N–H and O–H groups in total.